The monoisotopic (exact) mass is 255 g/mol. The van der Waals surface area contributed by atoms with E-state index >= 15 is 0 Å². The molecule has 2 aliphatic heterocycles. The van der Waals surface area contributed by atoms with Crippen LogP contribution in [0.5, 0.6) is 0 Å². The van der Waals surface area contributed by atoms with Crippen molar-refractivity contribution >= 4 is 5.91 Å². The maximum absolute atomic E-state index is 12.4. The van der Waals surface area contributed by atoms with E-state index < -0.39 is 0 Å². The highest BCUT2D eigenvalue weighted by Crippen LogP contribution is 2.36. The first-order valence-electron chi connectivity index (χ1n) is 6.84. The Morgan fingerprint density at radius 3 is 2.68 bits per heavy atom. The van der Waals surface area contributed by atoms with Crippen molar-refractivity contribution in [2.24, 2.45) is 0 Å². The third-order valence-corrected chi connectivity index (χ3v) is 4.00. The molecule has 0 saturated carbocycles. The van der Waals surface area contributed by atoms with Gasteiger partial charge in [-0.05, 0) is 18.9 Å². The molecular weight excluding hydrogens is 238 g/mol. The van der Waals surface area contributed by atoms with Crippen molar-refractivity contribution in [2.75, 3.05) is 19.6 Å². The Morgan fingerprint density at radius 2 is 1.95 bits per heavy atom. The Labute approximate surface area is 113 Å². The summed E-state index contributed by atoms with van der Waals surface area (Å²) < 4.78 is 0. The predicted molar refractivity (Wildman–Crippen MR) is 71.3 cm³/mol. The average molecular weight is 255 g/mol. The number of nitrogens with zero attached hydrogens (tertiary/aromatic N) is 3. The van der Waals surface area contributed by atoms with Crippen LogP contribution in [-0.4, -0.2) is 35.3 Å². The van der Waals surface area contributed by atoms with Gasteiger partial charge in [0.05, 0.1) is 6.07 Å². The largest absolute Gasteiger partial charge is 0.305 e. The molecule has 4 nitrogen and oxygen atoms in total. The summed E-state index contributed by atoms with van der Waals surface area (Å²) in [5.41, 5.74) is 1.82. The fourth-order valence-electron chi connectivity index (χ4n) is 3.14. The molecule has 2 aliphatic rings. The lowest BCUT2D eigenvalue weighted by atomic mass is 10.1. The Morgan fingerprint density at radius 1 is 1.21 bits per heavy atom. The molecule has 1 atom stereocenters. The van der Waals surface area contributed by atoms with Gasteiger partial charge >= 0.3 is 0 Å². The van der Waals surface area contributed by atoms with Crippen LogP contribution < -0.4 is 0 Å². The Balaban J connectivity index is 1.98. The van der Waals surface area contributed by atoms with Gasteiger partial charge < -0.3 is 4.90 Å². The quantitative estimate of drug-likeness (QED) is 0.761. The van der Waals surface area contributed by atoms with Gasteiger partial charge in [-0.2, -0.15) is 5.26 Å². The first-order valence-corrected chi connectivity index (χ1v) is 6.84. The second-order valence-corrected chi connectivity index (χ2v) is 5.15. The fraction of sp³-hybridized carbons (Fsp3) is 0.467. The molecule has 1 saturated heterocycles. The summed E-state index contributed by atoms with van der Waals surface area (Å²) in [5.74, 6) is -0.00674. The predicted octanol–water partition coefficient (Wildman–Crippen LogP) is 2.15. The number of likely N-dealkylation sites (tertiary alicyclic amines) is 1. The SMILES string of the molecule is N#CCN1C(=O)c2ccccc2C1N1CCCCC1. The average Bonchev–Trinajstić information content (AvgIpc) is 2.74. The van der Waals surface area contributed by atoms with Gasteiger partial charge in [0.15, 0.2) is 0 Å². The highest BCUT2D eigenvalue weighted by atomic mass is 16.2. The molecule has 4 heteroatoms. The lowest BCUT2D eigenvalue weighted by Gasteiger charge is -2.36. The van der Waals surface area contributed by atoms with Gasteiger partial charge in [0.2, 0.25) is 0 Å². The third-order valence-electron chi connectivity index (χ3n) is 4.00. The van der Waals surface area contributed by atoms with Crippen molar-refractivity contribution in [2.45, 2.75) is 25.4 Å². The molecule has 0 spiro atoms. The topological polar surface area (TPSA) is 47.3 Å². The second kappa shape index (κ2) is 5.02. The summed E-state index contributed by atoms with van der Waals surface area (Å²) in [6.07, 6.45) is 3.57. The zero-order valence-electron chi connectivity index (χ0n) is 10.9. The summed E-state index contributed by atoms with van der Waals surface area (Å²) in [6.45, 7) is 2.18. The van der Waals surface area contributed by atoms with E-state index in [1.807, 2.05) is 24.3 Å². The van der Waals surface area contributed by atoms with Crippen molar-refractivity contribution in [3.05, 3.63) is 35.4 Å². The summed E-state index contributed by atoms with van der Waals surface area (Å²) in [7, 11) is 0. The molecule has 19 heavy (non-hydrogen) atoms. The molecular formula is C15H17N3O. The van der Waals surface area contributed by atoms with E-state index in [4.69, 9.17) is 5.26 Å². The Kier molecular flexibility index (Phi) is 3.22. The number of hydrogen-bond acceptors (Lipinski definition) is 3. The van der Waals surface area contributed by atoms with Crippen LogP contribution in [-0.2, 0) is 0 Å². The molecule has 98 valence electrons. The summed E-state index contributed by atoms with van der Waals surface area (Å²) in [4.78, 5) is 16.4. The highest BCUT2D eigenvalue weighted by Gasteiger charge is 2.39. The lowest BCUT2D eigenvalue weighted by molar-refractivity contribution is 0.0375. The van der Waals surface area contributed by atoms with Crippen molar-refractivity contribution in [3.8, 4) is 6.07 Å². The lowest BCUT2D eigenvalue weighted by Crippen LogP contribution is -2.42. The standard InChI is InChI=1S/C15H17N3O/c16-8-11-18-14(17-9-4-1-5-10-17)12-6-2-3-7-13(12)15(18)19/h2-3,6-7,14H,1,4-5,9-11H2. The van der Waals surface area contributed by atoms with E-state index in [-0.39, 0.29) is 18.6 Å². The summed E-state index contributed by atoms with van der Waals surface area (Å²) in [5, 5.41) is 8.98. The number of amides is 1. The minimum Gasteiger partial charge on any atom is -0.305 e. The number of carbonyl (C=O) groups excluding carboxylic acids is 1. The van der Waals surface area contributed by atoms with Crippen molar-refractivity contribution in [1.29, 1.82) is 5.26 Å². The molecule has 2 heterocycles. The summed E-state index contributed by atoms with van der Waals surface area (Å²) >= 11 is 0. The zero-order valence-corrected chi connectivity index (χ0v) is 10.9. The van der Waals surface area contributed by atoms with Gasteiger partial charge in [-0.15, -0.1) is 0 Å². The molecule has 1 unspecified atom stereocenters. The van der Waals surface area contributed by atoms with Crippen LogP contribution in [0.3, 0.4) is 0 Å². The van der Waals surface area contributed by atoms with Crippen LogP contribution in [0.4, 0.5) is 0 Å². The fourth-order valence-corrected chi connectivity index (χ4v) is 3.14. The number of rotatable bonds is 2. The normalized spacial score (nSPS) is 23.2. The first-order chi connectivity index (χ1) is 9.33. The minimum absolute atomic E-state index is 0.00674. The van der Waals surface area contributed by atoms with E-state index in [0.29, 0.717) is 0 Å². The first kappa shape index (κ1) is 12.2. The van der Waals surface area contributed by atoms with E-state index in [1.165, 1.54) is 19.3 Å². The van der Waals surface area contributed by atoms with Gasteiger partial charge in [-0.1, -0.05) is 24.6 Å². The molecule has 1 fully saturated rings. The molecule has 1 amide bonds. The zero-order chi connectivity index (χ0) is 13.2. The minimum atomic E-state index is -0.0383. The van der Waals surface area contributed by atoms with Crippen LogP contribution in [0.1, 0.15) is 41.3 Å². The molecule has 0 radical (unpaired) electrons. The van der Waals surface area contributed by atoms with Crippen LogP contribution in [0.15, 0.2) is 24.3 Å². The number of fused-ring (bicyclic) bond motifs is 1. The van der Waals surface area contributed by atoms with Gasteiger partial charge in [0.1, 0.15) is 12.7 Å². The van der Waals surface area contributed by atoms with Crippen LogP contribution in [0.25, 0.3) is 0 Å². The molecule has 3 rings (SSSR count). The van der Waals surface area contributed by atoms with Gasteiger partial charge in [-0.25, -0.2) is 0 Å². The molecule has 1 aromatic rings. The van der Waals surface area contributed by atoms with Gasteiger partial charge in [-0.3, -0.25) is 9.69 Å². The van der Waals surface area contributed by atoms with E-state index in [1.54, 1.807) is 4.90 Å². The molecule has 0 aromatic heterocycles. The van der Waals surface area contributed by atoms with Crippen molar-refractivity contribution < 1.29 is 4.79 Å². The third kappa shape index (κ3) is 2.00. The van der Waals surface area contributed by atoms with Crippen LogP contribution >= 0.6 is 0 Å². The molecule has 0 N–H and O–H groups in total. The van der Waals surface area contributed by atoms with Gasteiger partial charge in [0, 0.05) is 24.2 Å². The molecule has 0 bridgehead atoms. The molecule has 1 aromatic carbocycles. The number of piperidine rings is 1. The maximum atomic E-state index is 12.4. The van der Waals surface area contributed by atoms with Crippen molar-refractivity contribution in [1.82, 2.24) is 9.80 Å². The Hall–Kier alpha value is -1.86. The number of benzene rings is 1. The second-order valence-electron chi connectivity index (χ2n) is 5.15. The summed E-state index contributed by atoms with van der Waals surface area (Å²) in [6, 6.07) is 9.87. The maximum Gasteiger partial charge on any atom is 0.256 e. The number of carbonyl (C=O) groups is 1. The van der Waals surface area contributed by atoms with E-state index in [2.05, 4.69) is 11.0 Å². The van der Waals surface area contributed by atoms with E-state index in [9.17, 15) is 4.79 Å². The van der Waals surface area contributed by atoms with Gasteiger partial charge in [0.25, 0.3) is 5.91 Å². The van der Waals surface area contributed by atoms with Crippen LogP contribution in [0.2, 0.25) is 0 Å². The van der Waals surface area contributed by atoms with Crippen LogP contribution in [0, 0.1) is 11.3 Å². The number of hydrogen-bond donors (Lipinski definition) is 0. The molecule has 0 aliphatic carbocycles. The number of nitriles is 1. The van der Waals surface area contributed by atoms with E-state index in [0.717, 1.165) is 24.2 Å². The highest BCUT2D eigenvalue weighted by molar-refractivity contribution is 5.99. The smallest absolute Gasteiger partial charge is 0.256 e. The Bertz CT molecular complexity index is 528. The van der Waals surface area contributed by atoms with Crippen molar-refractivity contribution in [3.63, 3.8) is 0 Å².